The maximum atomic E-state index is 13.2. The Morgan fingerprint density at radius 2 is 1.59 bits per heavy atom. The molecule has 1 saturated carbocycles. The van der Waals surface area contributed by atoms with E-state index in [1.807, 2.05) is 31.2 Å². The predicted molar refractivity (Wildman–Crippen MR) is 110 cm³/mol. The number of hydrogen-bond donors (Lipinski definition) is 1. The normalized spacial score (nSPS) is 26.9. The average molecular weight is 386 g/mol. The van der Waals surface area contributed by atoms with Crippen LogP contribution in [0.4, 0.5) is 11.4 Å². The molecular formula is C24H22N2O3. The van der Waals surface area contributed by atoms with Crippen LogP contribution in [-0.2, 0) is 16.0 Å². The Bertz CT molecular complexity index is 1030. The topological polar surface area (TPSA) is 66.5 Å². The molecule has 5 rings (SSSR count). The molecule has 0 unspecified atom stereocenters. The summed E-state index contributed by atoms with van der Waals surface area (Å²) in [5.41, 5.74) is 2.49. The molecule has 2 aliphatic carbocycles. The Balaban J connectivity index is 1.48. The Morgan fingerprint density at radius 3 is 2.28 bits per heavy atom. The van der Waals surface area contributed by atoms with Crippen LogP contribution < -0.4 is 10.2 Å². The molecule has 3 amide bonds. The number of hydrogen-bond acceptors (Lipinski definition) is 3. The summed E-state index contributed by atoms with van der Waals surface area (Å²) < 4.78 is 0. The zero-order chi connectivity index (χ0) is 20.1. The van der Waals surface area contributed by atoms with Crippen molar-refractivity contribution in [3.05, 3.63) is 71.8 Å². The molecule has 1 aliphatic heterocycles. The van der Waals surface area contributed by atoms with Crippen molar-refractivity contribution in [1.82, 2.24) is 0 Å². The molecule has 4 atom stereocenters. The summed E-state index contributed by atoms with van der Waals surface area (Å²) in [6, 6.07) is 14.5. The monoisotopic (exact) mass is 386 g/mol. The van der Waals surface area contributed by atoms with Crippen LogP contribution in [0.3, 0.4) is 0 Å². The number of nitrogens with one attached hydrogen (secondary N) is 1. The number of nitrogens with zero attached hydrogens (tertiary/aromatic N) is 1. The van der Waals surface area contributed by atoms with E-state index < -0.39 is 0 Å². The summed E-state index contributed by atoms with van der Waals surface area (Å²) in [5, 5.41) is 2.95. The van der Waals surface area contributed by atoms with Crippen LogP contribution in [0.1, 0.15) is 29.3 Å². The summed E-state index contributed by atoms with van der Waals surface area (Å²) in [6.07, 6.45) is 5.82. The van der Waals surface area contributed by atoms with Gasteiger partial charge in [0.2, 0.25) is 11.8 Å². The number of anilines is 2. The fourth-order valence-electron chi connectivity index (χ4n) is 5.14. The first-order chi connectivity index (χ1) is 14.1. The van der Waals surface area contributed by atoms with E-state index >= 15 is 0 Å². The van der Waals surface area contributed by atoms with Gasteiger partial charge in [0, 0.05) is 5.69 Å². The molecule has 1 saturated heterocycles. The van der Waals surface area contributed by atoms with Crippen LogP contribution in [-0.4, -0.2) is 17.7 Å². The number of allylic oxidation sites excluding steroid dienone is 2. The van der Waals surface area contributed by atoms with Crippen LogP contribution in [0.25, 0.3) is 0 Å². The zero-order valence-corrected chi connectivity index (χ0v) is 16.2. The van der Waals surface area contributed by atoms with Crippen molar-refractivity contribution in [3.63, 3.8) is 0 Å². The first-order valence-electron chi connectivity index (χ1n) is 10.1. The molecule has 146 valence electrons. The highest BCUT2D eigenvalue weighted by molar-refractivity contribution is 6.25. The summed E-state index contributed by atoms with van der Waals surface area (Å²) in [5.74, 6) is -0.950. The molecule has 2 fully saturated rings. The number of carbonyl (C=O) groups is 3. The Labute approximate surface area is 169 Å². The lowest BCUT2D eigenvalue weighted by Crippen LogP contribution is -2.34. The molecule has 5 nitrogen and oxygen atoms in total. The van der Waals surface area contributed by atoms with Gasteiger partial charge >= 0.3 is 0 Å². The third-order valence-corrected chi connectivity index (χ3v) is 6.51. The molecule has 3 aliphatic rings. The first-order valence-corrected chi connectivity index (χ1v) is 10.1. The highest BCUT2D eigenvalue weighted by atomic mass is 16.2. The summed E-state index contributed by atoms with van der Waals surface area (Å²) in [7, 11) is 0. The van der Waals surface area contributed by atoms with Gasteiger partial charge in [0.15, 0.2) is 0 Å². The van der Waals surface area contributed by atoms with Crippen LogP contribution in [0.2, 0.25) is 0 Å². The van der Waals surface area contributed by atoms with Crippen LogP contribution in [0, 0.1) is 23.7 Å². The van der Waals surface area contributed by atoms with Gasteiger partial charge in [0.1, 0.15) is 0 Å². The second kappa shape index (κ2) is 6.69. The van der Waals surface area contributed by atoms with Crippen LogP contribution in [0.5, 0.6) is 0 Å². The van der Waals surface area contributed by atoms with E-state index in [4.69, 9.17) is 0 Å². The molecule has 2 aromatic carbocycles. The lowest BCUT2D eigenvalue weighted by Gasteiger charge is -2.20. The molecule has 2 aromatic rings. The molecule has 2 bridgehead atoms. The standard InChI is InChI=1S/C24H22N2O3/c1-2-14-7-3-5-9-18(14)25-22(27)17-8-4-6-10-19(17)26-23(28)20-15-11-12-16(13-15)21(20)24(26)29/h3-12,15-16,20-21H,2,13H2,1H3,(H,25,27)/t15-,16+,20+,21-. The Morgan fingerprint density at radius 1 is 0.966 bits per heavy atom. The van der Waals surface area contributed by atoms with E-state index in [1.54, 1.807) is 24.3 Å². The van der Waals surface area contributed by atoms with Gasteiger partial charge < -0.3 is 5.32 Å². The van der Waals surface area contributed by atoms with Crippen molar-refractivity contribution < 1.29 is 14.4 Å². The van der Waals surface area contributed by atoms with Crippen molar-refractivity contribution in [2.45, 2.75) is 19.8 Å². The van der Waals surface area contributed by atoms with Gasteiger partial charge in [-0.15, -0.1) is 0 Å². The van der Waals surface area contributed by atoms with Gasteiger partial charge in [-0.3, -0.25) is 14.4 Å². The molecule has 0 radical (unpaired) electrons. The van der Waals surface area contributed by atoms with Crippen molar-refractivity contribution in [1.29, 1.82) is 0 Å². The average Bonchev–Trinajstić information content (AvgIpc) is 3.42. The summed E-state index contributed by atoms with van der Waals surface area (Å²) in [4.78, 5) is 40.7. The Kier molecular flexibility index (Phi) is 4.12. The second-order valence-corrected chi connectivity index (χ2v) is 7.99. The van der Waals surface area contributed by atoms with Crippen molar-refractivity contribution in [2.75, 3.05) is 10.2 Å². The van der Waals surface area contributed by atoms with Gasteiger partial charge in [0.25, 0.3) is 5.91 Å². The van der Waals surface area contributed by atoms with E-state index in [1.165, 1.54) is 4.90 Å². The third kappa shape index (κ3) is 2.64. The molecular weight excluding hydrogens is 364 g/mol. The molecule has 0 aromatic heterocycles. The number of imide groups is 1. The SMILES string of the molecule is CCc1ccccc1NC(=O)c1ccccc1N1C(=O)[C@@H]2[C@H](C1=O)[C@H]1C=C[C@@H]2C1. The highest BCUT2D eigenvalue weighted by Crippen LogP contribution is 2.53. The predicted octanol–water partition coefficient (Wildman–Crippen LogP) is 3.81. The lowest BCUT2D eigenvalue weighted by molar-refractivity contribution is -0.123. The maximum Gasteiger partial charge on any atom is 0.257 e. The van der Waals surface area contributed by atoms with Gasteiger partial charge in [-0.05, 0) is 48.4 Å². The van der Waals surface area contributed by atoms with Gasteiger partial charge in [-0.2, -0.15) is 0 Å². The molecule has 5 heteroatoms. The van der Waals surface area contributed by atoms with Crippen molar-refractivity contribution in [3.8, 4) is 0 Å². The number of benzene rings is 2. The smallest absolute Gasteiger partial charge is 0.257 e. The van der Waals surface area contributed by atoms with E-state index in [-0.39, 0.29) is 41.4 Å². The molecule has 1 heterocycles. The van der Waals surface area contributed by atoms with Crippen molar-refractivity contribution in [2.24, 2.45) is 23.7 Å². The maximum absolute atomic E-state index is 13.2. The zero-order valence-electron chi connectivity index (χ0n) is 16.2. The van der Waals surface area contributed by atoms with Gasteiger partial charge in [0.05, 0.1) is 23.1 Å². The highest BCUT2D eigenvalue weighted by Gasteiger charge is 2.59. The van der Waals surface area contributed by atoms with Crippen molar-refractivity contribution >= 4 is 29.1 Å². The summed E-state index contributed by atoms with van der Waals surface area (Å²) >= 11 is 0. The molecule has 29 heavy (non-hydrogen) atoms. The van der Waals surface area contributed by atoms with Crippen LogP contribution in [0.15, 0.2) is 60.7 Å². The minimum Gasteiger partial charge on any atom is -0.322 e. The number of rotatable bonds is 4. The minimum atomic E-state index is -0.319. The van der Waals surface area contributed by atoms with Gasteiger partial charge in [-0.25, -0.2) is 4.90 Å². The number of para-hydroxylation sites is 2. The molecule has 1 N–H and O–H groups in total. The molecule has 0 spiro atoms. The number of carbonyl (C=O) groups excluding carboxylic acids is 3. The first kappa shape index (κ1) is 17.9. The van der Waals surface area contributed by atoms with Crippen LogP contribution >= 0.6 is 0 Å². The van der Waals surface area contributed by atoms with Gasteiger partial charge in [-0.1, -0.05) is 49.4 Å². The number of fused-ring (bicyclic) bond motifs is 5. The fourth-order valence-corrected chi connectivity index (χ4v) is 5.14. The van der Waals surface area contributed by atoms with E-state index in [2.05, 4.69) is 17.5 Å². The second-order valence-electron chi connectivity index (χ2n) is 7.99. The quantitative estimate of drug-likeness (QED) is 0.642. The Hall–Kier alpha value is -3.21. The number of amides is 3. The minimum absolute atomic E-state index is 0.142. The number of aryl methyl sites for hydroxylation is 1. The van der Waals surface area contributed by atoms with E-state index in [0.29, 0.717) is 11.3 Å². The van der Waals surface area contributed by atoms with E-state index in [9.17, 15) is 14.4 Å². The summed E-state index contributed by atoms with van der Waals surface area (Å²) in [6.45, 7) is 2.03. The third-order valence-electron chi connectivity index (χ3n) is 6.51. The van der Waals surface area contributed by atoms with E-state index in [0.717, 1.165) is 24.1 Å². The largest absolute Gasteiger partial charge is 0.322 e. The lowest BCUT2D eigenvalue weighted by atomic mass is 9.85. The fraction of sp³-hybridized carbons (Fsp3) is 0.292.